The summed E-state index contributed by atoms with van der Waals surface area (Å²) in [5, 5.41) is 29.3. The highest BCUT2D eigenvalue weighted by Gasteiger charge is 2.26. The Morgan fingerprint density at radius 2 is 1.62 bits per heavy atom. The number of hydrogen-bond acceptors (Lipinski definition) is 5. The van der Waals surface area contributed by atoms with E-state index in [9.17, 15) is 24.9 Å². The van der Waals surface area contributed by atoms with Crippen LogP contribution in [0, 0.1) is 0 Å². The third-order valence-electron chi connectivity index (χ3n) is 3.81. The molecule has 6 heteroatoms. The van der Waals surface area contributed by atoms with Crippen molar-refractivity contribution in [2.45, 2.75) is 13.8 Å². The summed E-state index contributed by atoms with van der Waals surface area (Å²) in [4.78, 5) is 26.3. The van der Waals surface area contributed by atoms with Gasteiger partial charge in [0.15, 0.2) is 5.78 Å². The van der Waals surface area contributed by atoms with Crippen molar-refractivity contribution in [3.05, 3.63) is 53.1 Å². The fourth-order valence-corrected chi connectivity index (χ4v) is 2.63. The molecular formula is C18H19NO5. The SMILES string of the molecule is CCN(CC)c1cc(O)cc(C(=O)O)c1C(=O)c1ccccc1O. The summed E-state index contributed by atoms with van der Waals surface area (Å²) in [6.45, 7) is 4.78. The van der Waals surface area contributed by atoms with Gasteiger partial charge < -0.3 is 20.2 Å². The molecule has 2 aromatic carbocycles. The maximum absolute atomic E-state index is 12.9. The highest BCUT2D eigenvalue weighted by Crippen LogP contribution is 2.33. The van der Waals surface area contributed by atoms with E-state index in [-0.39, 0.29) is 28.2 Å². The van der Waals surface area contributed by atoms with Crippen molar-refractivity contribution >= 4 is 17.4 Å². The molecule has 0 heterocycles. The molecule has 0 radical (unpaired) electrons. The molecule has 0 aromatic heterocycles. The molecule has 0 amide bonds. The number of phenols is 2. The van der Waals surface area contributed by atoms with Gasteiger partial charge in [0, 0.05) is 19.2 Å². The molecule has 0 unspecified atom stereocenters. The molecule has 24 heavy (non-hydrogen) atoms. The minimum atomic E-state index is -1.32. The van der Waals surface area contributed by atoms with E-state index in [0.717, 1.165) is 6.07 Å². The van der Waals surface area contributed by atoms with E-state index >= 15 is 0 Å². The lowest BCUT2D eigenvalue weighted by Gasteiger charge is -2.25. The first-order chi connectivity index (χ1) is 11.4. The van der Waals surface area contributed by atoms with Gasteiger partial charge >= 0.3 is 5.97 Å². The van der Waals surface area contributed by atoms with E-state index in [4.69, 9.17) is 0 Å². The number of phenolic OH excluding ortho intramolecular Hbond substituents is 2. The molecule has 0 fully saturated rings. The maximum Gasteiger partial charge on any atom is 0.336 e. The Morgan fingerprint density at radius 3 is 2.17 bits per heavy atom. The number of aromatic carboxylic acids is 1. The minimum absolute atomic E-state index is 0.0131. The molecule has 0 aliphatic rings. The molecule has 3 N–H and O–H groups in total. The Morgan fingerprint density at radius 1 is 1.00 bits per heavy atom. The molecule has 2 rings (SSSR count). The number of anilines is 1. The van der Waals surface area contributed by atoms with Crippen LogP contribution in [-0.4, -0.2) is 40.2 Å². The Balaban J connectivity index is 2.77. The molecule has 2 aromatic rings. The van der Waals surface area contributed by atoms with Crippen molar-refractivity contribution in [1.82, 2.24) is 0 Å². The van der Waals surface area contributed by atoms with Gasteiger partial charge in [-0.05, 0) is 32.0 Å². The van der Waals surface area contributed by atoms with Crippen molar-refractivity contribution in [2.75, 3.05) is 18.0 Å². The molecule has 0 spiro atoms. The van der Waals surface area contributed by atoms with Crippen molar-refractivity contribution in [3.63, 3.8) is 0 Å². The lowest BCUT2D eigenvalue weighted by molar-refractivity contribution is 0.0692. The second-order valence-corrected chi connectivity index (χ2v) is 5.21. The monoisotopic (exact) mass is 329 g/mol. The van der Waals surface area contributed by atoms with E-state index in [1.165, 1.54) is 18.2 Å². The zero-order valence-electron chi connectivity index (χ0n) is 13.5. The summed E-state index contributed by atoms with van der Waals surface area (Å²) in [6, 6.07) is 8.37. The molecule has 126 valence electrons. The first-order valence-corrected chi connectivity index (χ1v) is 7.58. The van der Waals surface area contributed by atoms with Gasteiger partial charge in [-0.15, -0.1) is 0 Å². The average Bonchev–Trinajstić information content (AvgIpc) is 2.55. The zero-order chi connectivity index (χ0) is 17.9. The molecule has 0 atom stereocenters. The van der Waals surface area contributed by atoms with Crippen LogP contribution in [-0.2, 0) is 0 Å². The van der Waals surface area contributed by atoms with E-state index < -0.39 is 11.8 Å². The van der Waals surface area contributed by atoms with Crippen molar-refractivity contribution in [3.8, 4) is 11.5 Å². The molecule has 0 saturated heterocycles. The third kappa shape index (κ3) is 3.17. The number of nitrogens with zero attached hydrogens (tertiary/aromatic N) is 1. The van der Waals surface area contributed by atoms with Crippen LogP contribution in [0.5, 0.6) is 11.5 Å². The predicted octanol–water partition coefficient (Wildman–Crippen LogP) is 2.87. The first kappa shape index (κ1) is 17.3. The summed E-state index contributed by atoms with van der Waals surface area (Å²) < 4.78 is 0. The Bertz CT molecular complexity index is 781. The number of hydrogen-bond donors (Lipinski definition) is 3. The van der Waals surface area contributed by atoms with E-state index in [0.29, 0.717) is 18.8 Å². The van der Waals surface area contributed by atoms with Gasteiger partial charge in [0.25, 0.3) is 0 Å². The number of carbonyl (C=O) groups excluding carboxylic acids is 1. The van der Waals surface area contributed by atoms with Crippen LogP contribution in [0.1, 0.15) is 40.1 Å². The summed E-state index contributed by atoms with van der Waals surface area (Å²) in [5.74, 6) is -2.38. The average molecular weight is 329 g/mol. The molecule has 6 nitrogen and oxygen atoms in total. The van der Waals surface area contributed by atoms with Gasteiger partial charge in [-0.3, -0.25) is 4.79 Å². The molecular weight excluding hydrogens is 310 g/mol. The number of aromatic hydroxyl groups is 2. The Labute approximate surface area is 139 Å². The second kappa shape index (κ2) is 7.04. The van der Waals surface area contributed by atoms with Crippen molar-refractivity contribution in [1.29, 1.82) is 0 Å². The fourth-order valence-electron chi connectivity index (χ4n) is 2.63. The van der Waals surface area contributed by atoms with Gasteiger partial charge in [-0.1, -0.05) is 12.1 Å². The van der Waals surface area contributed by atoms with Crippen molar-refractivity contribution < 1.29 is 24.9 Å². The normalized spacial score (nSPS) is 10.4. The van der Waals surface area contributed by atoms with Crippen LogP contribution in [0.4, 0.5) is 5.69 Å². The Kier molecular flexibility index (Phi) is 5.08. The summed E-state index contributed by atoms with van der Waals surface area (Å²) in [6.07, 6.45) is 0. The largest absolute Gasteiger partial charge is 0.508 e. The van der Waals surface area contributed by atoms with Crippen LogP contribution in [0.25, 0.3) is 0 Å². The van der Waals surface area contributed by atoms with Gasteiger partial charge in [0.2, 0.25) is 0 Å². The summed E-state index contributed by atoms with van der Waals surface area (Å²) in [7, 11) is 0. The third-order valence-corrected chi connectivity index (χ3v) is 3.81. The van der Waals surface area contributed by atoms with E-state index in [1.807, 2.05) is 13.8 Å². The van der Waals surface area contributed by atoms with E-state index in [1.54, 1.807) is 17.0 Å². The molecule has 0 saturated carbocycles. The van der Waals surface area contributed by atoms with E-state index in [2.05, 4.69) is 0 Å². The highest BCUT2D eigenvalue weighted by atomic mass is 16.4. The van der Waals surface area contributed by atoms with Crippen LogP contribution in [0.3, 0.4) is 0 Å². The molecule has 0 bridgehead atoms. The molecule has 0 aliphatic carbocycles. The topological polar surface area (TPSA) is 98.1 Å². The number of carbonyl (C=O) groups is 2. The predicted molar refractivity (Wildman–Crippen MR) is 90.2 cm³/mol. The van der Waals surface area contributed by atoms with Crippen LogP contribution in [0.15, 0.2) is 36.4 Å². The number of ketones is 1. The highest BCUT2D eigenvalue weighted by molar-refractivity contribution is 6.18. The number of carboxylic acid groups (broad SMARTS) is 1. The summed E-state index contributed by atoms with van der Waals surface area (Å²) >= 11 is 0. The quantitative estimate of drug-likeness (QED) is 0.705. The molecule has 0 aliphatic heterocycles. The zero-order valence-corrected chi connectivity index (χ0v) is 13.5. The Hall–Kier alpha value is -3.02. The fraction of sp³-hybridized carbons (Fsp3) is 0.222. The van der Waals surface area contributed by atoms with Crippen molar-refractivity contribution in [2.24, 2.45) is 0 Å². The lowest BCUT2D eigenvalue weighted by Crippen LogP contribution is -2.25. The minimum Gasteiger partial charge on any atom is -0.508 e. The second-order valence-electron chi connectivity index (χ2n) is 5.21. The van der Waals surface area contributed by atoms with Gasteiger partial charge in [0.1, 0.15) is 11.5 Å². The smallest absolute Gasteiger partial charge is 0.336 e. The summed E-state index contributed by atoms with van der Waals surface area (Å²) in [5.41, 5.74) is -0.0135. The lowest BCUT2D eigenvalue weighted by atomic mass is 9.94. The van der Waals surface area contributed by atoms with Gasteiger partial charge in [-0.2, -0.15) is 0 Å². The van der Waals surface area contributed by atoms with Crippen LogP contribution >= 0.6 is 0 Å². The number of rotatable bonds is 6. The van der Waals surface area contributed by atoms with Crippen LogP contribution < -0.4 is 4.90 Å². The van der Waals surface area contributed by atoms with Gasteiger partial charge in [-0.25, -0.2) is 4.79 Å². The number of benzene rings is 2. The van der Waals surface area contributed by atoms with Crippen LogP contribution in [0.2, 0.25) is 0 Å². The number of para-hydroxylation sites is 1. The maximum atomic E-state index is 12.9. The standard InChI is InChI=1S/C18H19NO5/c1-3-19(4-2)14-10-11(20)9-13(18(23)24)16(14)17(22)12-7-5-6-8-15(12)21/h5-10,20-21H,3-4H2,1-2H3,(H,23,24). The number of carboxylic acids is 1. The van der Waals surface area contributed by atoms with Gasteiger partial charge in [0.05, 0.1) is 22.4 Å². The first-order valence-electron chi connectivity index (χ1n) is 7.58.